The number of para-hydroxylation sites is 1. The average molecular weight is 518 g/mol. The second-order valence-corrected chi connectivity index (χ2v) is 11.9. The Balaban J connectivity index is 1.36. The van der Waals surface area contributed by atoms with Gasteiger partial charge >= 0.3 is 0 Å². The van der Waals surface area contributed by atoms with Crippen LogP contribution >= 0.6 is 0 Å². The number of hydrogen-bond acceptors (Lipinski definition) is 4. The summed E-state index contributed by atoms with van der Waals surface area (Å²) in [6, 6.07) is 13.7. The Morgan fingerprint density at radius 2 is 1.82 bits per heavy atom. The first-order valence-electron chi connectivity index (χ1n) is 13.4. The van der Waals surface area contributed by atoms with Gasteiger partial charge in [-0.05, 0) is 74.6 Å². The van der Waals surface area contributed by atoms with Crippen molar-refractivity contribution in [2.24, 2.45) is 11.3 Å². The molecule has 2 atom stereocenters. The molecule has 0 bridgehead atoms. The van der Waals surface area contributed by atoms with Gasteiger partial charge < -0.3 is 24.7 Å². The van der Waals surface area contributed by atoms with E-state index < -0.39 is 5.54 Å². The smallest absolute Gasteiger partial charge is 0.249 e. The van der Waals surface area contributed by atoms with Crippen LogP contribution in [0.1, 0.15) is 64.1 Å². The van der Waals surface area contributed by atoms with E-state index in [4.69, 9.17) is 9.47 Å². The molecule has 0 spiro atoms. The third kappa shape index (κ3) is 4.42. The van der Waals surface area contributed by atoms with E-state index in [9.17, 15) is 9.59 Å². The Morgan fingerprint density at radius 1 is 1.11 bits per heavy atom. The normalized spacial score (nSPS) is 20.2. The van der Waals surface area contributed by atoms with Crippen molar-refractivity contribution in [2.75, 3.05) is 19.5 Å². The standard InChI is InChI=1S/C31H39N3O4/c1-18-27(21-10-8-9-11-23(21)32-18)28-22(30(28,2)3)17-26(35)34(19-12-13-19)31(4,5)29(36)33-24-15-14-20(37-6)16-25(24)38-7/h8-11,14-16,19,22,28,32H,12-13,17H2,1-7H3,(H,33,36)/t22-,28+/m1/s1. The van der Waals surface area contributed by atoms with Gasteiger partial charge in [-0.2, -0.15) is 0 Å². The van der Waals surface area contributed by atoms with Gasteiger partial charge in [0.15, 0.2) is 0 Å². The molecule has 0 aliphatic heterocycles. The number of anilines is 1. The molecule has 1 heterocycles. The topological polar surface area (TPSA) is 83.7 Å². The quantitative estimate of drug-likeness (QED) is 0.363. The number of hydrogen-bond donors (Lipinski definition) is 2. The Hall–Kier alpha value is -3.48. The van der Waals surface area contributed by atoms with Gasteiger partial charge in [-0.25, -0.2) is 0 Å². The predicted molar refractivity (Wildman–Crippen MR) is 150 cm³/mol. The van der Waals surface area contributed by atoms with Crippen molar-refractivity contribution >= 4 is 28.4 Å². The fourth-order valence-electron chi connectivity index (χ4n) is 6.27. The highest BCUT2D eigenvalue weighted by Gasteiger charge is 2.60. The molecule has 5 rings (SSSR count). The number of aromatic nitrogens is 1. The van der Waals surface area contributed by atoms with Crippen LogP contribution < -0.4 is 14.8 Å². The Labute approximate surface area is 224 Å². The largest absolute Gasteiger partial charge is 0.497 e. The molecule has 0 saturated heterocycles. The van der Waals surface area contributed by atoms with Gasteiger partial charge in [0, 0.05) is 35.1 Å². The van der Waals surface area contributed by atoms with Crippen molar-refractivity contribution in [3.05, 3.63) is 53.7 Å². The number of ether oxygens (including phenoxy) is 2. The second-order valence-electron chi connectivity index (χ2n) is 11.9. The van der Waals surface area contributed by atoms with E-state index in [0.717, 1.165) is 18.4 Å². The molecular formula is C31H39N3O4. The molecule has 2 aliphatic rings. The van der Waals surface area contributed by atoms with E-state index in [1.807, 2.05) is 24.8 Å². The molecule has 7 nitrogen and oxygen atoms in total. The second kappa shape index (κ2) is 9.37. The molecule has 3 aromatic rings. The first-order valence-corrected chi connectivity index (χ1v) is 13.4. The van der Waals surface area contributed by atoms with Gasteiger partial charge in [0.2, 0.25) is 11.8 Å². The monoisotopic (exact) mass is 517 g/mol. The number of aryl methyl sites for hydroxylation is 1. The minimum atomic E-state index is -1.02. The maximum absolute atomic E-state index is 13.9. The maximum Gasteiger partial charge on any atom is 0.249 e. The molecule has 0 unspecified atom stereocenters. The fourth-order valence-corrected chi connectivity index (χ4v) is 6.27. The zero-order valence-electron chi connectivity index (χ0n) is 23.5. The summed E-state index contributed by atoms with van der Waals surface area (Å²) in [7, 11) is 3.14. The summed E-state index contributed by atoms with van der Waals surface area (Å²) >= 11 is 0. The molecule has 2 aromatic carbocycles. The van der Waals surface area contributed by atoms with Gasteiger partial charge in [0.05, 0.1) is 19.9 Å². The first kappa shape index (κ1) is 26.1. The third-order valence-electron chi connectivity index (χ3n) is 8.69. The van der Waals surface area contributed by atoms with E-state index in [1.165, 1.54) is 16.6 Å². The summed E-state index contributed by atoms with van der Waals surface area (Å²) in [6.07, 6.45) is 2.27. The summed E-state index contributed by atoms with van der Waals surface area (Å²) in [6.45, 7) is 10.3. The SMILES string of the molecule is COc1ccc(NC(=O)C(C)(C)N(C(=O)C[C@@H]2[C@@H](c3c(C)[nH]c4ccccc34)C2(C)C)C2CC2)c(OC)c1. The molecule has 2 fully saturated rings. The number of aromatic amines is 1. The predicted octanol–water partition coefficient (Wildman–Crippen LogP) is 6.03. The number of carbonyl (C=O) groups excluding carboxylic acids is 2. The fraction of sp³-hybridized carbons (Fsp3) is 0.484. The summed E-state index contributed by atoms with van der Waals surface area (Å²) in [5, 5.41) is 4.24. The van der Waals surface area contributed by atoms with Crippen LogP contribution in [0.25, 0.3) is 10.9 Å². The van der Waals surface area contributed by atoms with E-state index in [0.29, 0.717) is 29.5 Å². The van der Waals surface area contributed by atoms with E-state index in [2.05, 4.69) is 49.3 Å². The Morgan fingerprint density at radius 3 is 2.47 bits per heavy atom. The van der Waals surface area contributed by atoms with Crippen molar-refractivity contribution in [1.29, 1.82) is 0 Å². The van der Waals surface area contributed by atoms with Crippen LogP contribution in [0.4, 0.5) is 5.69 Å². The van der Waals surface area contributed by atoms with E-state index >= 15 is 0 Å². The van der Waals surface area contributed by atoms with E-state index in [-0.39, 0.29) is 29.2 Å². The van der Waals surface area contributed by atoms with E-state index in [1.54, 1.807) is 32.4 Å². The van der Waals surface area contributed by atoms with Gasteiger partial charge in [-0.15, -0.1) is 0 Å². The lowest BCUT2D eigenvalue weighted by Gasteiger charge is -2.38. The minimum absolute atomic E-state index is 0.00344. The molecule has 0 radical (unpaired) electrons. The lowest BCUT2D eigenvalue weighted by molar-refractivity contribution is -0.144. The first-order chi connectivity index (χ1) is 18.0. The zero-order chi connectivity index (χ0) is 27.4. The highest BCUT2D eigenvalue weighted by Crippen LogP contribution is 2.67. The average Bonchev–Trinajstić information content (AvgIpc) is 3.76. The number of nitrogens with zero attached hydrogens (tertiary/aromatic N) is 1. The van der Waals surface area contributed by atoms with Crippen molar-refractivity contribution in [3.8, 4) is 11.5 Å². The van der Waals surface area contributed by atoms with Crippen LogP contribution in [0, 0.1) is 18.3 Å². The minimum Gasteiger partial charge on any atom is -0.497 e. The van der Waals surface area contributed by atoms with Crippen LogP contribution in [0.5, 0.6) is 11.5 Å². The summed E-state index contributed by atoms with van der Waals surface area (Å²) in [5.74, 6) is 1.47. The molecule has 202 valence electrons. The molecule has 7 heteroatoms. The summed E-state index contributed by atoms with van der Waals surface area (Å²) < 4.78 is 10.7. The Bertz CT molecular complexity index is 1390. The maximum atomic E-state index is 13.9. The summed E-state index contributed by atoms with van der Waals surface area (Å²) in [5.41, 5.74) is 3.17. The number of nitrogens with one attached hydrogen (secondary N) is 2. The lowest BCUT2D eigenvalue weighted by atomic mass is 9.98. The Kier molecular flexibility index (Phi) is 6.44. The van der Waals surface area contributed by atoms with Crippen LogP contribution in [0.3, 0.4) is 0 Å². The molecule has 2 amide bonds. The zero-order valence-corrected chi connectivity index (χ0v) is 23.5. The van der Waals surface area contributed by atoms with Gasteiger partial charge in [0.25, 0.3) is 0 Å². The van der Waals surface area contributed by atoms with Crippen LogP contribution in [0.2, 0.25) is 0 Å². The summed E-state index contributed by atoms with van der Waals surface area (Å²) in [4.78, 5) is 32.9. The molecular weight excluding hydrogens is 478 g/mol. The highest BCUT2D eigenvalue weighted by atomic mass is 16.5. The molecule has 2 saturated carbocycles. The van der Waals surface area contributed by atoms with Gasteiger partial charge in [-0.1, -0.05) is 32.0 Å². The number of rotatable bonds is 9. The number of benzene rings is 2. The molecule has 38 heavy (non-hydrogen) atoms. The third-order valence-corrected chi connectivity index (χ3v) is 8.69. The van der Waals surface area contributed by atoms with Crippen LogP contribution in [-0.4, -0.2) is 47.5 Å². The van der Waals surface area contributed by atoms with Crippen LogP contribution in [-0.2, 0) is 9.59 Å². The van der Waals surface area contributed by atoms with Crippen molar-refractivity contribution in [1.82, 2.24) is 9.88 Å². The van der Waals surface area contributed by atoms with Crippen molar-refractivity contribution < 1.29 is 19.1 Å². The molecule has 1 aromatic heterocycles. The highest BCUT2D eigenvalue weighted by molar-refractivity contribution is 6.01. The number of carbonyl (C=O) groups is 2. The van der Waals surface area contributed by atoms with Gasteiger partial charge in [0.1, 0.15) is 17.0 Å². The molecule has 2 N–H and O–H groups in total. The molecule has 2 aliphatic carbocycles. The number of fused-ring (bicyclic) bond motifs is 1. The number of H-pyrrole nitrogens is 1. The van der Waals surface area contributed by atoms with Crippen molar-refractivity contribution in [3.63, 3.8) is 0 Å². The van der Waals surface area contributed by atoms with Crippen molar-refractivity contribution in [2.45, 2.75) is 71.4 Å². The van der Waals surface area contributed by atoms with Crippen LogP contribution in [0.15, 0.2) is 42.5 Å². The lowest BCUT2D eigenvalue weighted by Crippen LogP contribution is -2.56. The van der Waals surface area contributed by atoms with Gasteiger partial charge in [-0.3, -0.25) is 9.59 Å². The number of amides is 2. The number of methoxy groups -OCH3 is 2.